The number of aryl methyl sites for hydroxylation is 1. The maximum absolute atomic E-state index is 11.7. The third-order valence-corrected chi connectivity index (χ3v) is 2.45. The minimum absolute atomic E-state index is 0.405. The summed E-state index contributed by atoms with van der Waals surface area (Å²) < 4.78 is 11.7. The molecule has 0 aliphatic carbocycles. The summed E-state index contributed by atoms with van der Waals surface area (Å²) in [7, 11) is 4.68. The van der Waals surface area contributed by atoms with Crippen LogP contribution < -0.4 is 4.74 Å². The summed E-state index contributed by atoms with van der Waals surface area (Å²) in [6.45, 7) is 0. The van der Waals surface area contributed by atoms with Crippen LogP contribution in [0.3, 0.4) is 0 Å². The van der Waals surface area contributed by atoms with Gasteiger partial charge in [-0.1, -0.05) is 0 Å². The van der Waals surface area contributed by atoms with Crippen molar-refractivity contribution >= 4 is 17.0 Å². The minimum atomic E-state index is -0.425. The maximum Gasteiger partial charge on any atom is 0.343 e. The Morgan fingerprint density at radius 1 is 1.38 bits per heavy atom. The van der Waals surface area contributed by atoms with Gasteiger partial charge in [-0.2, -0.15) is 0 Å². The summed E-state index contributed by atoms with van der Waals surface area (Å²) in [5.74, 6) is 0.0639. The Labute approximate surface area is 92.6 Å². The largest absolute Gasteiger partial charge is 0.496 e. The molecule has 2 rings (SSSR count). The third kappa shape index (κ3) is 1.41. The normalized spacial score (nSPS) is 10.4. The Kier molecular flexibility index (Phi) is 2.52. The van der Waals surface area contributed by atoms with E-state index in [4.69, 9.17) is 9.47 Å². The van der Waals surface area contributed by atoms with Crippen LogP contribution in [0.2, 0.25) is 0 Å². The fraction of sp³-hybridized carbons (Fsp3) is 0.273. The van der Waals surface area contributed by atoms with E-state index in [9.17, 15) is 4.79 Å². The number of ether oxygens (including phenoxy) is 2. The van der Waals surface area contributed by atoms with Crippen LogP contribution in [-0.4, -0.2) is 29.7 Å². The smallest absolute Gasteiger partial charge is 0.343 e. The highest BCUT2D eigenvalue weighted by Gasteiger charge is 2.19. The van der Waals surface area contributed by atoms with Crippen molar-refractivity contribution in [2.75, 3.05) is 14.2 Å². The first-order valence-corrected chi connectivity index (χ1v) is 4.75. The molecule has 0 radical (unpaired) electrons. The standard InChI is InChI=1S/C11H12N2O3/c1-13-6-12-7-4-5-8(15-2)9(10(7)13)11(14)16-3/h4-6H,1-3H3. The second-order valence-electron chi connectivity index (χ2n) is 3.36. The molecular formula is C11H12N2O3. The fourth-order valence-corrected chi connectivity index (χ4v) is 1.70. The van der Waals surface area contributed by atoms with Gasteiger partial charge in [0.25, 0.3) is 0 Å². The lowest BCUT2D eigenvalue weighted by Crippen LogP contribution is -2.06. The predicted octanol–water partition coefficient (Wildman–Crippen LogP) is 1.37. The van der Waals surface area contributed by atoms with Gasteiger partial charge in [0, 0.05) is 7.05 Å². The van der Waals surface area contributed by atoms with Gasteiger partial charge in [-0.25, -0.2) is 9.78 Å². The second kappa shape index (κ2) is 3.84. The molecule has 1 aromatic carbocycles. The summed E-state index contributed by atoms with van der Waals surface area (Å²) in [4.78, 5) is 15.9. The second-order valence-corrected chi connectivity index (χ2v) is 3.36. The molecule has 0 unspecified atom stereocenters. The summed E-state index contributed by atoms with van der Waals surface area (Å²) in [5, 5.41) is 0. The van der Waals surface area contributed by atoms with Crippen molar-refractivity contribution in [1.29, 1.82) is 0 Å². The highest BCUT2D eigenvalue weighted by atomic mass is 16.5. The molecule has 1 aromatic heterocycles. The Morgan fingerprint density at radius 3 is 2.75 bits per heavy atom. The first-order chi connectivity index (χ1) is 7.69. The van der Waals surface area contributed by atoms with Gasteiger partial charge in [-0.05, 0) is 12.1 Å². The van der Waals surface area contributed by atoms with Gasteiger partial charge in [0.1, 0.15) is 11.3 Å². The summed E-state index contributed by atoms with van der Waals surface area (Å²) in [6.07, 6.45) is 1.65. The van der Waals surface area contributed by atoms with Crippen molar-refractivity contribution in [3.63, 3.8) is 0 Å². The van der Waals surface area contributed by atoms with Crippen LogP contribution in [-0.2, 0) is 11.8 Å². The number of benzene rings is 1. The summed E-state index contributed by atoms with van der Waals surface area (Å²) in [5.41, 5.74) is 1.86. The van der Waals surface area contributed by atoms with Gasteiger partial charge < -0.3 is 14.0 Å². The van der Waals surface area contributed by atoms with Crippen LogP contribution >= 0.6 is 0 Å². The molecule has 5 heteroatoms. The molecule has 0 N–H and O–H groups in total. The number of methoxy groups -OCH3 is 2. The van der Waals surface area contributed by atoms with Gasteiger partial charge in [-0.3, -0.25) is 0 Å². The lowest BCUT2D eigenvalue weighted by atomic mass is 10.1. The first kappa shape index (κ1) is 10.5. The average molecular weight is 220 g/mol. The zero-order valence-electron chi connectivity index (χ0n) is 9.35. The molecule has 0 aliphatic heterocycles. The van der Waals surface area contributed by atoms with E-state index in [0.717, 1.165) is 5.52 Å². The number of hydrogen-bond acceptors (Lipinski definition) is 4. The number of aromatic nitrogens is 2. The highest BCUT2D eigenvalue weighted by molar-refractivity contribution is 6.04. The van der Waals surface area contributed by atoms with Gasteiger partial charge in [0.05, 0.1) is 31.6 Å². The van der Waals surface area contributed by atoms with Crippen LogP contribution in [0.25, 0.3) is 11.0 Å². The van der Waals surface area contributed by atoms with E-state index < -0.39 is 5.97 Å². The van der Waals surface area contributed by atoms with E-state index in [1.807, 2.05) is 7.05 Å². The Balaban J connectivity index is 2.82. The van der Waals surface area contributed by atoms with Crippen LogP contribution in [0.15, 0.2) is 18.5 Å². The quantitative estimate of drug-likeness (QED) is 0.717. The highest BCUT2D eigenvalue weighted by Crippen LogP contribution is 2.27. The molecule has 0 saturated carbocycles. The zero-order valence-corrected chi connectivity index (χ0v) is 9.35. The van der Waals surface area contributed by atoms with Crippen molar-refractivity contribution in [3.8, 4) is 5.75 Å². The summed E-state index contributed by atoms with van der Waals surface area (Å²) in [6, 6.07) is 3.52. The van der Waals surface area contributed by atoms with Gasteiger partial charge in [0.15, 0.2) is 0 Å². The number of fused-ring (bicyclic) bond motifs is 1. The maximum atomic E-state index is 11.7. The lowest BCUT2D eigenvalue weighted by molar-refractivity contribution is 0.0599. The van der Waals surface area contributed by atoms with Crippen molar-refractivity contribution in [2.24, 2.45) is 7.05 Å². The van der Waals surface area contributed by atoms with E-state index >= 15 is 0 Å². The van der Waals surface area contributed by atoms with Crippen molar-refractivity contribution in [3.05, 3.63) is 24.0 Å². The Hall–Kier alpha value is -2.04. The molecule has 0 spiro atoms. The lowest BCUT2D eigenvalue weighted by Gasteiger charge is -2.08. The third-order valence-electron chi connectivity index (χ3n) is 2.45. The van der Waals surface area contributed by atoms with Gasteiger partial charge in [-0.15, -0.1) is 0 Å². The molecule has 0 aliphatic rings. The molecule has 5 nitrogen and oxygen atoms in total. The zero-order chi connectivity index (χ0) is 11.7. The van der Waals surface area contributed by atoms with E-state index in [0.29, 0.717) is 16.8 Å². The molecule has 84 valence electrons. The van der Waals surface area contributed by atoms with E-state index in [1.165, 1.54) is 14.2 Å². The molecule has 0 fully saturated rings. The first-order valence-electron chi connectivity index (χ1n) is 4.75. The molecule has 2 aromatic rings. The van der Waals surface area contributed by atoms with E-state index in [2.05, 4.69) is 4.98 Å². The summed E-state index contributed by atoms with van der Waals surface area (Å²) >= 11 is 0. The van der Waals surface area contributed by atoms with Crippen molar-refractivity contribution in [1.82, 2.24) is 9.55 Å². The van der Waals surface area contributed by atoms with E-state index in [1.54, 1.807) is 23.0 Å². The van der Waals surface area contributed by atoms with E-state index in [-0.39, 0.29) is 0 Å². The Bertz CT molecular complexity index is 545. The number of carbonyl (C=O) groups is 1. The average Bonchev–Trinajstić information content (AvgIpc) is 2.69. The predicted molar refractivity (Wildman–Crippen MR) is 58.6 cm³/mol. The fourth-order valence-electron chi connectivity index (χ4n) is 1.70. The van der Waals surface area contributed by atoms with Gasteiger partial charge in [0.2, 0.25) is 0 Å². The molecule has 0 saturated heterocycles. The number of esters is 1. The number of carbonyl (C=O) groups excluding carboxylic acids is 1. The van der Waals surface area contributed by atoms with Gasteiger partial charge >= 0.3 is 5.97 Å². The van der Waals surface area contributed by atoms with Crippen molar-refractivity contribution < 1.29 is 14.3 Å². The Morgan fingerprint density at radius 2 is 2.12 bits per heavy atom. The van der Waals surface area contributed by atoms with Crippen LogP contribution in [0.4, 0.5) is 0 Å². The number of rotatable bonds is 2. The molecule has 0 bridgehead atoms. The monoisotopic (exact) mass is 220 g/mol. The number of imidazole rings is 1. The van der Waals surface area contributed by atoms with Crippen molar-refractivity contribution in [2.45, 2.75) is 0 Å². The molecule has 1 heterocycles. The van der Waals surface area contributed by atoms with Crippen LogP contribution in [0.5, 0.6) is 5.75 Å². The molecule has 16 heavy (non-hydrogen) atoms. The minimum Gasteiger partial charge on any atom is -0.496 e. The molecule has 0 atom stereocenters. The molecule has 0 amide bonds. The van der Waals surface area contributed by atoms with Crippen LogP contribution in [0.1, 0.15) is 10.4 Å². The SMILES string of the molecule is COC(=O)c1c(OC)ccc2ncn(C)c12. The molecular weight excluding hydrogens is 208 g/mol. The number of nitrogens with zero attached hydrogens (tertiary/aromatic N) is 2. The van der Waals surface area contributed by atoms with Crippen LogP contribution in [0, 0.1) is 0 Å². The topological polar surface area (TPSA) is 53.4 Å². The number of hydrogen-bond donors (Lipinski definition) is 0.